The van der Waals surface area contributed by atoms with Crippen molar-refractivity contribution in [2.75, 3.05) is 12.0 Å². The molecule has 28 heavy (non-hydrogen) atoms. The average molecular weight is 380 g/mol. The number of aromatic nitrogens is 1. The van der Waals surface area contributed by atoms with E-state index in [-0.39, 0.29) is 24.2 Å². The molecule has 1 aromatic heterocycles. The lowest BCUT2D eigenvalue weighted by Gasteiger charge is -2.35. The second-order valence-electron chi connectivity index (χ2n) is 7.02. The summed E-state index contributed by atoms with van der Waals surface area (Å²) in [6.07, 6.45) is 1.69. The van der Waals surface area contributed by atoms with Crippen LogP contribution in [0.4, 0.5) is 10.1 Å². The molecule has 5 nitrogen and oxygen atoms in total. The van der Waals surface area contributed by atoms with E-state index in [4.69, 9.17) is 9.26 Å². The fourth-order valence-corrected chi connectivity index (χ4v) is 3.65. The lowest BCUT2D eigenvalue weighted by atomic mass is 9.96. The van der Waals surface area contributed by atoms with E-state index in [2.05, 4.69) is 5.16 Å². The molecule has 2 aromatic carbocycles. The van der Waals surface area contributed by atoms with Gasteiger partial charge in [0.25, 0.3) is 0 Å². The van der Waals surface area contributed by atoms with E-state index in [0.717, 1.165) is 35.4 Å². The molecule has 0 N–H and O–H groups in total. The van der Waals surface area contributed by atoms with Gasteiger partial charge in [0, 0.05) is 23.4 Å². The zero-order chi connectivity index (χ0) is 19.7. The van der Waals surface area contributed by atoms with Crippen LogP contribution in [0.5, 0.6) is 5.75 Å². The highest BCUT2D eigenvalue weighted by Gasteiger charge is 2.29. The molecular formula is C22H21FN2O3. The smallest absolute Gasteiger partial charge is 0.233 e. The van der Waals surface area contributed by atoms with E-state index >= 15 is 0 Å². The number of nitrogens with zero attached hydrogens (tertiary/aromatic N) is 2. The summed E-state index contributed by atoms with van der Waals surface area (Å²) < 4.78 is 24.2. The van der Waals surface area contributed by atoms with Crippen LogP contribution in [0.25, 0.3) is 11.3 Å². The molecule has 0 saturated carbocycles. The van der Waals surface area contributed by atoms with Crippen molar-refractivity contribution < 1.29 is 18.4 Å². The van der Waals surface area contributed by atoms with E-state index in [1.807, 2.05) is 31.2 Å². The van der Waals surface area contributed by atoms with Gasteiger partial charge in [-0.2, -0.15) is 0 Å². The van der Waals surface area contributed by atoms with Crippen LogP contribution in [0, 0.1) is 5.82 Å². The van der Waals surface area contributed by atoms with Gasteiger partial charge in [0.1, 0.15) is 11.6 Å². The number of methoxy groups -OCH3 is 1. The molecule has 1 amide bonds. The Bertz CT molecular complexity index is 1010. The first-order valence-electron chi connectivity index (χ1n) is 9.25. The van der Waals surface area contributed by atoms with Crippen LogP contribution in [-0.2, 0) is 17.6 Å². The van der Waals surface area contributed by atoms with Crippen LogP contribution >= 0.6 is 0 Å². The van der Waals surface area contributed by atoms with Crippen molar-refractivity contribution in [3.63, 3.8) is 0 Å². The molecule has 1 aliphatic rings. The van der Waals surface area contributed by atoms with Crippen LogP contribution in [0.15, 0.2) is 53.1 Å². The van der Waals surface area contributed by atoms with Crippen molar-refractivity contribution in [2.45, 2.75) is 32.2 Å². The van der Waals surface area contributed by atoms with Gasteiger partial charge in [-0.3, -0.25) is 4.79 Å². The monoisotopic (exact) mass is 380 g/mol. The number of aryl methyl sites for hydroxylation is 1. The zero-order valence-electron chi connectivity index (χ0n) is 15.8. The molecule has 2 heterocycles. The maximum Gasteiger partial charge on any atom is 0.233 e. The van der Waals surface area contributed by atoms with Gasteiger partial charge in [0.2, 0.25) is 5.91 Å². The highest BCUT2D eigenvalue weighted by Crippen LogP contribution is 2.32. The first-order chi connectivity index (χ1) is 13.5. The fourth-order valence-electron chi connectivity index (χ4n) is 3.65. The van der Waals surface area contributed by atoms with Crippen LogP contribution in [-0.4, -0.2) is 24.2 Å². The normalized spacial score (nSPS) is 16.0. The summed E-state index contributed by atoms with van der Waals surface area (Å²) in [4.78, 5) is 14.8. The van der Waals surface area contributed by atoms with Crippen LogP contribution in [0.2, 0.25) is 0 Å². The summed E-state index contributed by atoms with van der Waals surface area (Å²) in [5, 5.41) is 4.05. The van der Waals surface area contributed by atoms with Gasteiger partial charge in [-0.1, -0.05) is 17.3 Å². The van der Waals surface area contributed by atoms with Crippen molar-refractivity contribution in [2.24, 2.45) is 0 Å². The molecule has 6 heteroatoms. The van der Waals surface area contributed by atoms with Gasteiger partial charge in [-0.25, -0.2) is 4.39 Å². The van der Waals surface area contributed by atoms with Crippen molar-refractivity contribution in [3.8, 4) is 17.1 Å². The minimum absolute atomic E-state index is 0.0511. The Balaban J connectivity index is 1.55. The summed E-state index contributed by atoms with van der Waals surface area (Å²) in [6.45, 7) is 2.01. The fraction of sp³-hybridized carbons (Fsp3) is 0.273. The summed E-state index contributed by atoms with van der Waals surface area (Å²) >= 11 is 0. The van der Waals surface area contributed by atoms with Crippen molar-refractivity contribution in [1.82, 2.24) is 5.16 Å². The molecule has 0 radical (unpaired) electrons. The van der Waals surface area contributed by atoms with Gasteiger partial charge in [-0.05, 0) is 55.7 Å². The quantitative estimate of drug-likeness (QED) is 0.673. The van der Waals surface area contributed by atoms with E-state index in [1.165, 1.54) is 12.1 Å². The first-order valence-corrected chi connectivity index (χ1v) is 9.25. The Morgan fingerprint density at radius 3 is 2.96 bits per heavy atom. The highest BCUT2D eigenvalue weighted by molar-refractivity contribution is 5.96. The molecule has 0 spiro atoms. The lowest BCUT2D eigenvalue weighted by molar-refractivity contribution is -0.118. The highest BCUT2D eigenvalue weighted by atomic mass is 19.1. The molecule has 3 aromatic rings. The van der Waals surface area contributed by atoms with Gasteiger partial charge >= 0.3 is 0 Å². The number of anilines is 1. The standard InChI is InChI=1S/C22H21FN2O3/c1-14-6-7-15-10-17(23)8-9-20(15)25(14)22(26)13-18-12-21(28-24-18)16-4-3-5-19(11-16)27-2/h3-5,8-12,14H,6-7,13H2,1-2H3/t14-/m1/s1. The Kier molecular flexibility index (Phi) is 4.86. The van der Waals surface area contributed by atoms with Gasteiger partial charge in [0.15, 0.2) is 5.76 Å². The number of halogens is 1. The molecule has 144 valence electrons. The maximum absolute atomic E-state index is 13.6. The molecule has 0 unspecified atom stereocenters. The molecule has 4 rings (SSSR count). The Morgan fingerprint density at radius 1 is 1.29 bits per heavy atom. The number of carbonyl (C=O) groups is 1. The molecule has 1 atom stereocenters. The number of fused-ring (bicyclic) bond motifs is 1. The van der Waals surface area contributed by atoms with Crippen molar-refractivity contribution >= 4 is 11.6 Å². The van der Waals surface area contributed by atoms with Crippen molar-refractivity contribution in [1.29, 1.82) is 0 Å². The predicted octanol–water partition coefficient (Wildman–Crippen LogP) is 4.40. The minimum Gasteiger partial charge on any atom is -0.497 e. The van der Waals surface area contributed by atoms with Crippen LogP contribution in [0.1, 0.15) is 24.6 Å². The molecular weight excluding hydrogens is 359 g/mol. The average Bonchev–Trinajstić information content (AvgIpc) is 3.16. The van der Waals surface area contributed by atoms with Crippen LogP contribution < -0.4 is 9.64 Å². The van der Waals surface area contributed by atoms with Gasteiger partial charge < -0.3 is 14.2 Å². The van der Waals surface area contributed by atoms with Crippen molar-refractivity contribution in [3.05, 3.63) is 65.6 Å². The maximum atomic E-state index is 13.6. The molecule has 1 aliphatic heterocycles. The molecule has 0 saturated heterocycles. The summed E-state index contributed by atoms with van der Waals surface area (Å²) in [6, 6.07) is 13.9. The van der Waals surface area contributed by atoms with E-state index in [0.29, 0.717) is 11.5 Å². The second kappa shape index (κ2) is 7.46. The third kappa shape index (κ3) is 3.50. The minimum atomic E-state index is -0.278. The number of rotatable bonds is 4. The summed E-state index contributed by atoms with van der Waals surface area (Å²) in [5.74, 6) is 0.944. The number of amides is 1. The largest absolute Gasteiger partial charge is 0.497 e. The van der Waals surface area contributed by atoms with E-state index in [9.17, 15) is 9.18 Å². The van der Waals surface area contributed by atoms with Gasteiger partial charge in [0.05, 0.1) is 19.2 Å². The number of carbonyl (C=O) groups excluding carboxylic acids is 1. The van der Waals surface area contributed by atoms with Gasteiger partial charge in [-0.15, -0.1) is 0 Å². The molecule has 0 aliphatic carbocycles. The molecule has 0 bridgehead atoms. The third-order valence-corrected chi connectivity index (χ3v) is 5.09. The third-order valence-electron chi connectivity index (χ3n) is 5.09. The number of hydrogen-bond donors (Lipinski definition) is 0. The summed E-state index contributed by atoms with van der Waals surface area (Å²) in [7, 11) is 1.60. The topological polar surface area (TPSA) is 55.6 Å². The Morgan fingerprint density at radius 2 is 2.14 bits per heavy atom. The second-order valence-corrected chi connectivity index (χ2v) is 7.02. The Hall–Kier alpha value is -3.15. The lowest BCUT2D eigenvalue weighted by Crippen LogP contribution is -2.43. The zero-order valence-corrected chi connectivity index (χ0v) is 15.8. The Labute approximate surface area is 162 Å². The SMILES string of the molecule is COc1cccc(-c2cc(CC(=O)N3c4ccc(F)cc4CC[C@H]3C)no2)c1. The number of benzene rings is 2. The van der Waals surface area contributed by atoms with E-state index in [1.54, 1.807) is 24.1 Å². The van der Waals surface area contributed by atoms with E-state index < -0.39 is 0 Å². The number of hydrogen-bond acceptors (Lipinski definition) is 4. The van der Waals surface area contributed by atoms with Crippen LogP contribution in [0.3, 0.4) is 0 Å². The molecule has 0 fully saturated rings. The number of ether oxygens (including phenoxy) is 1. The first kappa shape index (κ1) is 18.2. The predicted molar refractivity (Wildman–Crippen MR) is 104 cm³/mol. The summed E-state index contributed by atoms with van der Waals surface area (Å²) in [5.41, 5.74) is 3.03.